The molecule has 0 aliphatic rings. The zero-order chi connectivity index (χ0) is 9.12. The van der Waals surface area contributed by atoms with E-state index in [0.29, 0.717) is 10.8 Å². The Morgan fingerprint density at radius 3 is 1.64 bits per heavy atom. The second-order valence-corrected chi connectivity index (χ2v) is 5.64. The molecule has 0 atom stereocenters. The maximum atomic E-state index is 11.5. The molecular formula is C6H17NO3P+. The smallest absolute Gasteiger partial charge is 0.292 e. The molecule has 0 bridgehead atoms. The van der Waals surface area contributed by atoms with E-state index < -0.39 is 7.94 Å². The van der Waals surface area contributed by atoms with Crippen molar-refractivity contribution in [2.45, 2.75) is 0 Å². The maximum Gasteiger partial charge on any atom is 0.292 e. The fourth-order valence-corrected chi connectivity index (χ4v) is 2.13. The molecule has 11 heavy (non-hydrogen) atoms. The molecule has 0 spiro atoms. The number of nitrogens with zero attached hydrogens (tertiary/aromatic N) is 1. The minimum atomic E-state index is -2.83. The fourth-order valence-electron chi connectivity index (χ4n) is 0.710. The van der Waals surface area contributed by atoms with Crippen molar-refractivity contribution in [3.63, 3.8) is 0 Å². The molecule has 4 nitrogen and oxygen atoms in total. The van der Waals surface area contributed by atoms with Crippen LogP contribution in [0.4, 0.5) is 0 Å². The van der Waals surface area contributed by atoms with Crippen LogP contribution in [0.15, 0.2) is 0 Å². The molecule has 0 aromatic carbocycles. The third-order valence-electron chi connectivity index (χ3n) is 1.15. The molecule has 0 rings (SSSR count). The first-order valence-corrected chi connectivity index (χ1v) is 5.07. The lowest BCUT2D eigenvalue weighted by Gasteiger charge is -2.31. The van der Waals surface area contributed by atoms with Gasteiger partial charge in [-0.25, -0.2) is 9.05 Å². The first-order valence-electron chi connectivity index (χ1n) is 3.34. The van der Waals surface area contributed by atoms with Gasteiger partial charge in [0.2, 0.25) is 6.29 Å². The van der Waals surface area contributed by atoms with E-state index in [-0.39, 0.29) is 0 Å². The van der Waals surface area contributed by atoms with Crippen LogP contribution in [0.2, 0.25) is 0 Å². The van der Waals surface area contributed by atoms with Crippen molar-refractivity contribution in [1.29, 1.82) is 0 Å². The minimum Gasteiger partial charge on any atom is -0.627 e. The van der Waals surface area contributed by atoms with Crippen LogP contribution in [0.5, 0.6) is 0 Å². The van der Waals surface area contributed by atoms with E-state index in [2.05, 4.69) is 0 Å². The lowest BCUT2D eigenvalue weighted by Crippen LogP contribution is -2.39. The summed E-state index contributed by atoms with van der Waals surface area (Å²) in [6.45, 7) is 0. The van der Waals surface area contributed by atoms with E-state index in [1.165, 1.54) is 14.2 Å². The average molecular weight is 182 g/mol. The summed E-state index contributed by atoms with van der Waals surface area (Å²) in [7, 11) is 5.78. The van der Waals surface area contributed by atoms with E-state index in [9.17, 15) is 4.89 Å². The molecule has 0 fully saturated rings. The van der Waals surface area contributed by atoms with Crippen molar-refractivity contribution in [3.8, 4) is 0 Å². The molecule has 0 aromatic rings. The Kier molecular flexibility index (Phi) is 3.88. The molecule has 68 valence electrons. The monoisotopic (exact) mass is 182 g/mol. The van der Waals surface area contributed by atoms with Gasteiger partial charge in [0, 0.05) is 0 Å². The highest BCUT2D eigenvalue weighted by molar-refractivity contribution is 7.58. The maximum absolute atomic E-state index is 11.5. The Hall–Kier alpha value is 0.270. The molecule has 0 radical (unpaired) electrons. The van der Waals surface area contributed by atoms with E-state index in [0.717, 1.165) is 0 Å². The summed E-state index contributed by atoms with van der Waals surface area (Å²) in [6.07, 6.45) is 0.389. The van der Waals surface area contributed by atoms with Crippen molar-refractivity contribution in [3.05, 3.63) is 0 Å². The number of hydrogen-bond acceptors (Lipinski definition) is 3. The molecule has 0 heterocycles. The molecule has 0 aliphatic heterocycles. The van der Waals surface area contributed by atoms with Crippen LogP contribution in [0.1, 0.15) is 0 Å². The molecule has 0 unspecified atom stereocenters. The second-order valence-electron chi connectivity index (χ2n) is 3.41. The predicted octanol–water partition coefficient (Wildman–Crippen LogP) is 0.0658. The van der Waals surface area contributed by atoms with E-state index in [4.69, 9.17) is 9.05 Å². The number of quaternary nitrogens is 1. The van der Waals surface area contributed by atoms with Gasteiger partial charge in [-0.3, -0.25) is 4.48 Å². The lowest BCUT2D eigenvalue weighted by molar-refractivity contribution is -0.860. The Bertz CT molecular complexity index is 119. The van der Waals surface area contributed by atoms with Crippen molar-refractivity contribution < 1.29 is 18.4 Å². The van der Waals surface area contributed by atoms with E-state index in [1.54, 1.807) is 0 Å². The van der Waals surface area contributed by atoms with Crippen LogP contribution < -0.4 is 4.89 Å². The molecule has 0 amide bonds. The normalized spacial score (nSPS) is 13.6. The summed E-state index contributed by atoms with van der Waals surface area (Å²) in [5, 5.41) is 0. The van der Waals surface area contributed by atoms with Gasteiger partial charge in [0.25, 0.3) is 7.94 Å². The predicted molar refractivity (Wildman–Crippen MR) is 43.8 cm³/mol. The van der Waals surface area contributed by atoms with Crippen LogP contribution in [0.25, 0.3) is 0 Å². The summed E-state index contributed by atoms with van der Waals surface area (Å²) < 4.78 is 10.1. The third kappa shape index (κ3) is 4.67. The molecule has 0 saturated carbocycles. The van der Waals surface area contributed by atoms with Crippen LogP contribution in [0.3, 0.4) is 0 Å². The van der Waals surface area contributed by atoms with Crippen LogP contribution >= 0.6 is 7.94 Å². The van der Waals surface area contributed by atoms with Gasteiger partial charge in [0.1, 0.15) is 0 Å². The standard InChI is InChI=1S/C6H17NO3P/c1-7(2,3)6-11(8,9-4)10-5/h6H2,1-5H3/q+1. The molecule has 5 heteroatoms. The fraction of sp³-hybridized carbons (Fsp3) is 1.00. The van der Waals surface area contributed by atoms with Gasteiger partial charge in [-0.05, 0) is 0 Å². The summed E-state index contributed by atoms with van der Waals surface area (Å²) >= 11 is 0. The van der Waals surface area contributed by atoms with Gasteiger partial charge >= 0.3 is 0 Å². The largest absolute Gasteiger partial charge is 0.627 e. The first-order chi connectivity index (χ1) is 4.83. The van der Waals surface area contributed by atoms with Gasteiger partial charge in [0.05, 0.1) is 35.4 Å². The molecule has 0 aliphatic carbocycles. The average Bonchev–Trinajstić information content (AvgIpc) is 1.84. The third-order valence-corrected chi connectivity index (χ3v) is 3.46. The van der Waals surface area contributed by atoms with Gasteiger partial charge in [0.15, 0.2) is 0 Å². The summed E-state index contributed by atoms with van der Waals surface area (Å²) in [4.78, 5) is 11.5. The molecule has 0 N–H and O–H groups in total. The van der Waals surface area contributed by atoms with Gasteiger partial charge < -0.3 is 4.89 Å². The summed E-state index contributed by atoms with van der Waals surface area (Å²) in [6, 6.07) is 0. The van der Waals surface area contributed by atoms with Gasteiger partial charge in [-0.1, -0.05) is 0 Å². The van der Waals surface area contributed by atoms with Crippen LogP contribution in [0, 0.1) is 0 Å². The topological polar surface area (TPSA) is 41.5 Å². The Morgan fingerprint density at radius 2 is 1.55 bits per heavy atom. The van der Waals surface area contributed by atoms with Crippen LogP contribution in [-0.2, 0) is 9.05 Å². The number of rotatable bonds is 4. The van der Waals surface area contributed by atoms with Crippen molar-refractivity contribution in [2.24, 2.45) is 0 Å². The van der Waals surface area contributed by atoms with E-state index in [1.807, 2.05) is 21.1 Å². The molecule has 0 aromatic heterocycles. The van der Waals surface area contributed by atoms with Gasteiger partial charge in [-0.2, -0.15) is 0 Å². The zero-order valence-corrected chi connectivity index (χ0v) is 8.72. The molecular weight excluding hydrogens is 165 g/mol. The Morgan fingerprint density at radius 1 is 1.18 bits per heavy atom. The first kappa shape index (κ1) is 11.3. The highest BCUT2D eigenvalue weighted by atomic mass is 31.2. The minimum absolute atomic E-state index is 0.389. The van der Waals surface area contributed by atoms with Crippen molar-refractivity contribution in [2.75, 3.05) is 41.6 Å². The highest BCUT2D eigenvalue weighted by Crippen LogP contribution is 2.51. The van der Waals surface area contributed by atoms with Gasteiger partial charge in [-0.15, -0.1) is 0 Å². The summed E-state index contributed by atoms with van der Waals surface area (Å²) in [5.74, 6) is 0. The molecule has 0 saturated heterocycles. The van der Waals surface area contributed by atoms with Crippen molar-refractivity contribution >= 4 is 7.94 Å². The lowest BCUT2D eigenvalue weighted by atomic mass is 10.8. The van der Waals surface area contributed by atoms with Crippen LogP contribution in [-0.4, -0.2) is 46.1 Å². The van der Waals surface area contributed by atoms with Crippen molar-refractivity contribution in [1.82, 2.24) is 0 Å². The quantitative estimate of drug-likeness (QED) is 0.456. The summed E-state index contributed by atoms with van der Waals surface area (Å²) in [5.41, 5.74) is 0. The SMILES string of the molecule is CO[P+]([O-])(C[N+](C)(C)C)OC. The zero-order valence-electron chi connectivity index (χ0n) is 7.83. The highest BCUT2D eigenvalue weighted by Gasteiger charge is 2.34. The Balaban J connectivity index is 4.08. The Labute approximate surface area is 68.9 Å². The van der Waals surface area contributed by atoms with E-state index >= 15 is 0 Å². The number of hydrogen-bond donors (Lipinski definition) is 0. The second kappa shape index (κ2) is 3.78.